The maximum absolute atomic E-state index is 12.7. The number of nitrogens with zero attached hydrogens (tertiary/aromatic N) is 3. The van der Waals surface area contributed by atoms with E-state index in [1.165, 1.54) is 0 Å². The molecule has 0 unspecified atom stereocenters. The molecule has 0 bridgehead atoms. The first-order valence-corrected chi connectivity index (χ1v) is 13.3. The first-order valence-electron chi connectivity index (χ1n) is 11.1. The predicted octanol–water partition coefficient (Wildman–Crippen LogP) is 4.38. The molecule has 2 amide bonds. The molecular formula is C24H26ClN5O5S2. The number of nitrogens with one attached hydrogen (secondary N) is 1. The number of allylic oxidation sites excluding steroid dienone is 1. The number of benzene rings is 1. The molecule has 0 spiro atoms. The maximum atomic E-state index is 12.7. The fourth-order valence-corrected chi connectivity index (χ4v) is 5.23. The van der Waals surface area contributed by atoms with E-state index >= 15 is 0 Å². The first-order chi connectivity index (χ1) is 17.7. The smallest absolute Gasteiger partial charge is 0.341 e. The molecule has 10 nitrogen and oxygen atoms in total. The van der Waals surface area contributed by atoms with Crippen molar-refractivity contribution in [1.82, 2.24) is 14.8 Å². The van der Waals surface area contributed by atoms with Crippen molar-refractivity contribution in [3.8, 4) is 5.75 Å². The van der Waals surface area contributed by atoms with Crippen molar-refractivity contribution in [2.24, 2.45) is 5.73 Å². The molecule has 0 aliphatic rings. The molecule has 13 heteroatoms. The van der Waals surface area contributed by atoms with E-state index in [-0.39, 0.29) is 34.4 Å². The van der Waals surface area contributed by atoms with Crippen LogP contribution in [0.5, 0.6) is 5.75 Å². The van der Waals surface area contributed by atoms with Gasteiger partial charge in [-0.25, -0.2) is 4.79 Å². The molecule has 0 saturated heterocycles. The summed E-state index contributed by atoms with van der Waals surface area (Å²) in [5.74, 6) is -0.572. The highest BCUT2D eigenvalue weighted by molar-refractivity contribution is 7.99. The molecule has 0 radical (unpaired) electrons. The topological polar surface area (TPSA) is 138 Å². The number of hydrogen-bond donors (Lipinski definition) is 2. The van der Waals surface area contributed by atoms with Gasteiger partial charge in [-0.2, -0.15) is 0 Å². The predicted molar refractivity (Wildman–Crippen MR) is 144 cm³/mol. The third-order valence-corrected chi connectivity index (χ3v) is 7.65. The third kappa shape index (κ3) is 6.90. The van der Waals surface area contributed by atoms with Crippen LogP contribution in [0.1, 0.15) is 43.9 Å². The Balaban J connectivity index is 1.70. The van der Waals surface area contributed by atoms with Gasteiger partial charge < -0.3 is 20.5 Å². The van der Waals surface area contributed by atoms with Crippen LogP contribution in [-0.2, 0) is 22.7 Å². The molecule has 3 N–H and O–H groups in total. The van der Waals surface area contributed by atoms with E-state index in [1.54, 1.807) is 36.6 Å². The van der Waals surface area contributed by atoms with Gasteiger partial charge in [0.1, 0.15) is 17.4 Å². The zero-order valence-corrected chi connectivity index (χ0v) is 22.9. The van der Waals surface area contributed by atoms with Gasteiger partial charge in [-0.1, -0.05) is 29.4 Å². The Kier molecular flexibility index (Phi) is 9.73. The second-order valence-corrected chi connectivity index (χ2v) is 10.0. The van der Waals surface area contributed by atoms with Crippen molar-refractivity contribution in [2.45, 2.75) is 39.1 Å². The Labute approximate surface area is 227 Å². The number of carbonyl (C=O) groups is 3. The number of anilines is 1. The molecule has 3 aromatic rings. The van der Waals surface area contributed by atoms with Crippen molar-refractivity contribution >= 4 is 57.5 Å². The lowest BCUT2D eigenvalue weighted by Gasteiger charge is -2.10. The van der Waals surface area contributed by atoms with E-state index in [9.17, 15) is 14.4 Å². The van der Waals surface area contributed by atoms with Crippen molar-refractivity contribution in [3.63, 3.8) is 0 Å². The molecule has 1 aromatic carbocycles. The molecule has 196 valence electrons. The summed E-state index contributed by atoms with van der Waals surface area (Å²) in [6, 6.07) is 5.36. The molecule has 3 rings (SSSR count). The monoisotopic (exact) mass is 563 g/mol. The summed E-state index contributed by atoms with van der Waals surface area (Å²) in [5.41, 5.74) is 6.79. The fraction of sp³-hybridized carbons (Fsp3) is 0.292. The van der Waals surface area contributed by atoms with Gasteiger partial charge in [0.05, 0.1) is 22.8 Å². The van der Waals surface area contributed by atoms with Crippen LogP contribution < -0.4 is 15.8 Å². The number of primary amides is 1. The number of thioether (sulfide) groups is 1. The molecule has 0 fully saturated rings. The highest BCUT2D eigenvalue weighted by Crippen LogP contribution is 2.34. The number of carbonyl (C=O) groups excluding carboxylic acids is 3. The minimum Gasteiger partial charge on any atom is -0.486 e. The number of hydrogen-bond acceptors (Lipinski definition) is 9. The molecule has 0 atom stereocenters. The van der Waals surface area contributed by atoms with Crippen LogP contribution >= 0.6 is 34.7 Å². The highest BCUT2D eigenvalue weighted by Gasteiger charge is 2.26. The Bertz CT molecular complexity index is 1340. The fourth-order valence-electron chi connectivity index (χ4n) is 3.28. The summed E-state index contributed by atoms with van der Waals surface area (Å²) in [4.78, 5) is 37.1. The van der Waals surface area contributed by atoms with E-state index in [0.717, 1.165) is 28.7 Å². The van der Waals surface area contributed by atoms with Gasteiger partial charge in [0.15, 0.2) is 11.0 Å². The van der Waals surface area contributed by atoms with Gasteiger partial charge in [0, 0.05) is 11.6 Å². The number of amides is 2. The van der Waals surface area contributed by atoms with Crippen LogP contribution in [-0.4, -0.2) is 44.9 Å². The van der Waals surface area contributed by atoms with Crippen LogP contribution in [0, 0.1) is 13.8 Å². The summed E-state index contributed by atoms with van der Waals surface area (Å²) in [6.07, 6.45) is 1.69. The van der Waals surface area contributed by atoms with Gasteiger partial charge in [0.2, 0.25) is 5.91 Å². The number of thiophene rings is 1. The Hall–Kier alpha value is -3.35. The number of esters is 1. The quantitative estimate of drug-likeness (QED) is 0.188. The van der Waals surface area contributed by atoms with Crippen LogP contribution in [0.4, 0.5) is 5.00 Å². The number of aromatic nitrogens is 3. The van der Waals surface area contributed by atoms with Gasteiger partial charge in [-0.15, -0.1) is 28.1 Å². The summed E-state index contributed by atoms with van der Waals surface area (Å²) < 4.78 is 12.7. The van der Waals surface area contributed by atoms with E-state index in [0.29, 0.717) is 33.9 Å². The standard InChI is InChI=1S/C24H26ClN5O5S2/c1-5-9-30-17(11-35-15-7-8-16(25)13(3)10-15)28-29-24(30)36-12-18(31)27-22-19(23(33)34-6-2)14(4)20(37-22)21(26)32/h5,7-8,10H,1,6,9,11-12H2,2-4H3,(H2,26,32)(H,27,31). The van der Waals surface area contributed by atoms with Crippen molar-refractivity contribution in [1.29, 1.82) is 0 Å². The Morgan fingerprint density at radius 3 is 2.70 bits per heavy atom. The molecule has 2 heterocycles. The van der Waals surface area contributed by atoms with E-state index < -0.39 is 17.8 Å². The SMILES string of the molecule is C=CCn1c(COc2ccc(Cl)c(C)c2)nnc1SCC(=O)Nc1sc(C(N)=O)c(C)c1C(=O)OCC. The lowest BCUT2D eigenvalue weighted by atomic mass is 10.1. The third-order valence-electron chi connectivity index (χ3n) is 5.04. The number of halogens is 1. The number of nitrogens with two attached hydrogens (primary N) is 1. The lowest BCUT2D eigenvalue weighted by Crippen LogP contribution is -2.17. The van der Waals surface area contributed by atoms with Crippen molar-refractivity contribution < 1.29 is 23.9 Å². The second-order valence-electron chi connectivity index (χ2n) is 7.68. The van der Waals surface area contributed by atoms with E-state index in [4.69, 9.17) is 26.8 Å². The minimum absolute atomic E-state index is 0.0301. The van der Waals surface area contributed by atoms with Gasteiger partial charge in [-0.05, 0) is 50.1 Å². The number of rotatable bonds is 12. The average Bonchev–Trinajstić information content (AvgIpc) is 3.39. The number of ether oxygens (including phenoxy) is 2. The lowest BCUT2D eigenvalue weighted by molar-refractivity contribution is -0.113. The molecular weight excluding hydrogens is 538 g/mol. The van der Waals surface area contributed by atoms with Crippen LogP contribution in [0.15, 0.2) is 36.0 Å². The van der Waals surface area contributed by atoms with Gasteiger partial charge in [0.25, 0.3) is 5.91 Å². The normalized spacial score (nSPS) is 10.7. The molecule has 0 aliphatic carbocycles. The van der Waals surface area contributed by atoms with Crippen molar-refractivity contribution in [2.75, 3.05) is 17.7 Å². The van der Waals surface area contributed by atoms with Gasteiger partial charge >= 0.3 is 5.97 Å². The van der Waals surface area contributed by atoms with E-state index in [1.807, 2.05) is 13.0 Å². The summed E-state index contributed by atoms with van der Waals surface area (Å²) in [7, 11) is 0. The Morgan fingerprint density at radius 2 is 2.05 bits per heavy atom. The zero-order chi connectivity index (χ0) is 27.1. The molecule has 2 aromatic heterocycles. The molecule has 0 aliphatic heterocycles. The highest BCUT2D eigenvalue weighted by atomic mass is 35.5. The largest absolute Gasteiger partial charge is 0.486 e. The maximum Gasteiger partial charge on any atom is 0.341 e. The Morgan fingerprint density at radius 1 is 1.30 bits per heavy atom. The first kappa shape index (κ1) is 28.2. The second kappa shape index (κ2) is 12.7. The summed E-state index contributed by atoms with van der Waals surface area (Å²) >= 11 is 8.16. The van der Waals surface area contributed by atoms with Crippen LogP contribution in [0.3, 0.4) is 0 Å². The van der Waals surface area contributed by atoms with Gasteiger partial charge in [-0.3, -0.25) is 14.2 Å². The van der Waals surface area contributed by atoms with Crippen LogP contribution in [0.2, 0.25) is 5.02 Å². The van der Waals surface area contributed by atoms with Crippen LogP contribution in [0.25, 0.3) is 0 Å². The molecule has 0 saturated carbocycles. The minimum atomic E-state index is -0.691. The average molecular weight is 564 g/mol. The number of aryl methyl sites for hydroxylation is 1. The van der Waals surface area contributed by atoms with Crippen molar-refractivity contribution in [3.05, 3.63) is 63.3 Å². The zero-order valence-electron chi connectivity index (χ0n) is 20.5. The molecule has 37 heavy (non-hydrogen) atoms. The van der Waals surface area contributed by atoms with E-state index in [2.05, 4.69) is 22.1 Å². The summed E-state index contributed by atoms with van der Waals surface area (Å²) in [5, 5.41) is 12.4. The summed E-state index contributed by atoms with van der Waals surface area (Å²) in [6.45, 7) is 9.62.